The van der Waals surface area contributed by atoms with Crippen LogP contribution >= 0.6 is 0 Å². The molecule has 4 rings (SSSR count). The molecule has 0 bridgehead atoms. The predicted octanol–water partition coefficient (Wildman–Crippen LogP) is 5.97. The molecule has 0 unspecified atom stereocenters. The van der Waals surface area contributed by atoms with Gasteiger partial charge >= 0.3 is 0 Å². The van der Waals surface area contributed by atoms with E-state index in [1.165, 1.54) is 20.3 Å². The topological polar surface area (TPSA) is 78.7 Å². The molecule has 0 saturated carbocycles. The molecule has 32 heavy (non-hydrogen) atoms. The van der Waals surface area contributed by atoms with Gasteiger partial charge in [-0.1, -0.05) is 60.2 Å². The number of ether oxygens (including phenoxy) is 2. The van der Waals surface area contributed by atoms with Crippen LogP contribution in [0, 0.1) is 17.0 Å². The Balaban J connectivity index is 2.16. The molecular formula is C26H21NO5. The first-order valence-electron chi connectivity index (χ1n) is 9.98. The molecule has 0 aliphatic rings. The van der Waals surface area contributed by atoms with Gasteiger partial charge in [0, 0.05) is 17.2 Å². The number of benzene rings is 4. The fourth-order valence-corrected chi connectivity index (χ4v) is 3.84. The number of nitro groups is 1. The zero-order valence-electron chi connectivity index (χ0n) is 17.9. The summed E-state index contributed by atoms with van der Waals surface area (Å²) in [4.78, 5) is 25.5. The summed E-state index contributed by atoms with van der Waals surface area (Å²) in [5, 5.41) is 13.2. The number of methoxy groups -OCH3 is 2. The van der Waals surface area contributed by atoms with Crippen LogP contribution in [0.4, 0.5) is 5.69 Å². The number of fused-ring (bicyclic) bond motifs is 1. The molecule has 0 amide bonds. The van der Waals surface area contributed by atoms with Crippen molar-refractivity contribution in [3.05, 3.63) is 99.6 Å². The minimum absolute atomic E-state index is 0.147. The highest BCUT2D eigenvalue weighted by atomic mass is 16.6. The summed E-state index contributed by atoms with van der Waals surface area (Å²) in [6.45, 7) is 1.93. The maximum Gasteiger partial charge on any atom is 0.278 e. The summed E-state index contributed by atoms with van der Waals surface area (Å²) in [6, 6.07) is 20.9. The quantitative estimate of drug-likeness (QED) is 0.215. The normalized spacial score (nSPS) is 10.7. The van der Waals surface area contributed by atoms with Crippen molar-refractivity contribution >= 4 is 22.2 Å². The molecular weight excluding hydrogens is 406 g/mol. The van der Waals surface area contributed by atoms with Gasteiger partial charge in [0.25, 0.3) is 5.69 Å². The number of hydrogen-bond acceptors (Lipinski definition) is 5. The average Bonchev–Trinajstić information content (AvgIpc) is 2.82. The third kappa shape index (κ3) is 3.67. The molecule has 0 radical (unpaired) electrons. The molecule has 6 heteroatoms. The van der Waals surface area contributed by atoms with E-state index in [4.69, 9.17) is 9.47 Å². The van der Waals surface area contributed by atoms with E-state index >= 15 is 0 Å². The zero-order valence-corrected chi connectivity index (χ0v) is 17.9. The highest BCUT2D eigenvalue weighted by Gasteiger charge is 2.28. The minimum Gasteiger partial charge on any atom is -0.493 e. The Kier molecular flexibility index (Phi) is 5.60. The largest absolute Gasteiger partial charge is 0.493 e. The van der Waals surface area contributed by atoms with Gasteiger partial charge in [0.1, 0.15) is 0 Å². The number of carbonyl (C=O) groups excluding carboxylic acids is 1. The van der Waals surface area contributed by atoms with Gasteiger partial charge in [0.05, 0.1) is 24.7 Å². The molecule has 160 valence electrons. The molecule has 0 atom stereocenters. The summed E-state index contributed by atoms with van der Waals surface area (Å²) in [7, 11) is 3.00. The standard InChI is InChI=1S/C26H21NO5/c1-16-9-11-18(12-10-16)26(28)25-20-15-23(32-3)22(31-2)14-19(20)13-21(27(29)30)24(25)17-7-5-4-6-8-17/h4-15H,1-3H3. The van der Waals surface area contributed by atoms with Crippen molar-refractivity contribution in [2.24, 2.45) is 0 Å². The molecule has 0 spiro atoms. The van der Waals surface area contributed by atoms with Gasteiger partial charge in [-0.15, -0.1) is 0 Å². The van der Waals surface area contributed by atoms with E-state index in [9.17, 15) is 14.9 Å². The van der Waals surface area contributed by atoms with Crippen molar-refractivity contribution in [1.29, 1.82) is 0 Å². The highest BCUT2D eigenvalue weighted by molar-refractivity contribution is 6.22. The van der Waals surface area contributed by atoms with E-state index in [0.29, 0.717) is 33.4 Å². The van der Waals surface area contributed by atoms with Crippen LogP contribution in [0.2, 0.25) is 0 Å². The third-order valence-electron chi connectivity index (χ3n) is 5.42. The summed E-state index contributed by atoms with van der Waals surface area (Å²) in [5.74, 6) is 0.561. The monoisotopic (exact) mass is 427 g/mol. The lowest BCUT2D eigenvalue weighted by Crippen LogP contribution is -2.08. The Hall–Kier alpha value is -4.19. The van der Waals surface area contributed by atoms with Crippen molar-refractivity contribution in [3.8, 4) is 22.6 Å². The van der Waals surface area contributed by atoms with E-state index in [1.807, 2.05) is 25.1 Å². The van der Waals surface area contributed by atoms with Crippen LogP contribution in [-0.2, 0) is 0 Å². The second-order valence-corrected chi connectivity index (χ2v) is 7.39. The molecule has 0 aliphatic carbocycles. The molecule has 0 aliphatic heterocycles. The number of nitrogens with zero attached hydrogens (tertiary/aromatic N) is 1. The molecule has 6 nitrogen and oxygen atoms in total. The molecule has 4 aromatic rings. The first-order valence-corrected chi connectivity index (χ1v) is 9.98. The van der Waals surface area contributed by atoms with Gasteiger partial charge in [-0.25, -0.2) is 0 Å². The number of rotatable bonds is 6. The van der Waals surface area contributed by atoms with E-state index in [0.717, 1.165) is 5.56 Å². The van der Waals surface area contributed by atoms with Crippen LogP contribution in [0.5, 0.6) is 11.5 Å². The fraction of sp³-hybridized carbons (Fsp3) is 0.115. The van der Waals surface area contributed by atoms with Gasteiger partial charge in [0.2, 0.25) is 0 Å². The van der Waals surface area contributed by atoms with Crippen LogP contribution < -0.4 is 9.47 Å². The zero-order chi connectivity index (χ0) is 22.8. The lowest BCUT2D eigenvalue weighted by atomic mass is 9.87. The average molecular weight is 427 g/mol. The maximum atomic E-state index is 13.8. The minimum atomic E-state index is -0.454. The maximum absolute atomic E-state index is 13.8. The summed E-state index contributed by atoms with van der Waals surface area (Å²) in [5.41, 5.74) is 2.44. The van der Waals surface area contributed by atoms with Crippen LogP contribution in [0.3, 0.4) is 0 Å². The van der Waals surface area contributed by atoms with E-state index in [-0.39, 0.29) is 22.6 Å². The van der Waals surface area contributed by atoms with Crippen LogP contribution in [0.1, 0.15) is 21.5 Å². The van der Waals surface area contributed by atoms with Gasteiger partial charge in [-0.2, -0.15) is 0 Å². The van der Waals surface area contributed by atoms with Gasteiger partial charge in [-0.05, 0) is 35.4 Å². The first kappa shape index (κ1) is 21.1. The summed E-state index contributed by atoms with van der Waals surface area (Å²) >= 11 is 0. The number of aryl methyl sites for hydroxylation is 1. The second-order valence-electron chi connectivity index (χ2n) is 7.39. The lowest BCUT2D eigenvalue weighted by Gasteiger charge is -2.16. The second kappa shape index (κ2) is 8.51. The van der Waals surface area contributed by atoms with Crippen molar-refractivity contribution in [3.63, 3.8) is 0 Å². The smallest absolute Gasteiger partial charge is 0.278 e. The van der Waals surface area contributed by atoms with Crippen LogP contribution in [-0.4, -0.2) is 24.9 Å². The van der Waals surface area contributed by atoms with E-state index in [1.54, 1.807) is 48.5 Å². The van der Waals surface area contributed by atoms with Crippen LogP contribution in [0.15, 0.2) is 72.8 Å². The van der Waals surface area contributed by atoms with Crippen LogP contribution in [0.25, 0.3) is 21.9 Å². The Morgan fingerprint density at radius 3 is 2.09 bits per heavy atom. The van der Waals surface area contributed by atoms with Crippen molar-refractivity contribution in [2.75, 3.05) is 14.2 Å². The number of carbonyl (C=O) groups is 1. The molecule has 0 fully saturated rings. The fourth-order valence-electron chi connectivity index (χ4n) is 3.84. The lowest BCUT2D eigenvalue weighted by molar-refractivity contribution is -0.384. The first-order chi connectivity index (χ1) is 15.4. The van der Waals surface area contributed by atoms with E-state index < -0.39 is 4.92 Å². The Bertz CT molecular complexity index is 1330. The van der Waals surface area contributed by atoms with Crippen molar-refractivity contribution in [2.45, 2.75) is 6.92 Å². The molecule has 4 aromatic carbocycles. The predicted molar refractivity (Wildman–Crippen MR) is 124 cm³/mol. The molecule has 0 aromatic heterocycles. The molecule has 0 saturated heterocycles. The van der Waals surface area contributed by atoms with Gasteiger partial charge in [-0.3, -0.25) is 14.9 Å². The molecule has 0 heterocycles. The Morgan fingerprint density at radius 2 is 1.50 bits per heavy atom. The third-order valence-corrected chi connectivity index (χ3v) is 5.42. The highest BCUT2D eigenvalue weighted by Crippen LogP contribution is 2.43. The molecule has 0 N–H and O–H groups in total. The number of ketones is 1. The van der Waals surface area contributed by atoms with E-state index in [2.05, 4.69) is 0 Å². The summed E-state index contributed by atoms with van der Waals surface area (Å²) < 4.78 is 10.8. The SMILES string of the molecule is COc1cc2cc([N+](=O)[O-])c(-c3ccccc3)c(C(=O)c3ccc(C)cc3)c2cc1OC. The Labute approximate surface area is 185 Å². The van der Waals surface area contributed by atoms with Crippen molar-refractivity contribution < 1.29 is 19.2 Å². The Morgan fingerprint density at radius 1 is 0.875 bits per heavy atom. The van der Waals surface area contributed by atoms with Gasteiger partial charge in [0.15, 0.2) is 17.3 Å². The summed E-state index contributed by atoms with van der Waals surface area (Å²) in [6.07, 6.45) is 0. The van der Waals surface area contributed by atoms with Crippen molar-refractivity contribution in [1.82, 2.24) is 0 Å². The number of hydrogen-bond donors (Lipinski definition) is 0. The number of nitro benzene ring substituents is 1. The van der Waals surface area contributed by atoms with Gasteiger partial charge < -0.3 is 9.47 Å².